The van der Waals surface area contributed by atoms with Crippen LogP contribution in [0.5, 0.6) is 0 Å². The molecule has 0 radical (unpaired) electrons. The second kappa shape index (κ2) is 12.8. The molecule has 0 aromatic rings. The third-order valence-corrected chi connectivity index (χ3v) is 4.48. The van der Waals surface area contributed by atoms with Gasteiger partial charge in [0.25, 0.3) is 0 Å². The Morgan fingerprint density at radius 3 is 2.35 bits per heavy atom. The zero-order valence-corrected chi connectivity index (χ0v) is 17.4. The van der Waals surface area contributed by atoms with Crippen molar-refractivity contribution in [1.82, 2.24) is 20.4 Å². The van der Waals surface area contributed by atoms with E-state index in [2.05, 4.69) is 39.3 Å². The van der Waals surface area contributed by atoms with Gasteiger partial charge in [0.1, 0.15) is 0 Å². The molecule has 1 aliphatic heterocycles. The molecule has 0 unspecified atom stereocenters. The molecule has 1 rings (SSSR count). The van der Waals surface area contributed by atoms with Crippen molar-refractivity contribution in [2.75, 3.05) is 53.4 Å². The van der Waals surface area contributed by atoms with Crippen LogP contribution >= 0.6 is 24.0 Å². The highest BCUT2D eigenvalue weighted by molar-refractivity contribution is 14.0. The summed E-state index contributed by atoms with van der Waals surface area (Å²) in [4.78, 5) is 20.6. The number of hydrogen-bond acceptors (Lipinski definition) is 3. The molecule has 0 aromatic heterocycles. The van der Waals surface area contributed by atoms with Gasteiger partial charge in [-0.1, -0.05) is 13.8 Å². The molecular weight excluding hydrogens is 405 g/mol. The van der Waals surface area contributed by atoms with Crippen LogP contribution in [-0.2, 0) is 4.79 Å². The number of guanidine groups is 1. The molecule has 1 saturated heterocycles. The fourth-order valence-corrected chi connectivity index (χ4v) is 2.91. The van der Waals surface area contributed by atoms with E-state index in [1.54, 1.807) is 7.05 Å². The van der Waals surface area contributed by atoms with Gasteiger partial charge in [0.15, 0.2) is 5.96 Å². The van der Waals surface area contributed by atoms with Gasteiger partial charge < -0.3 is 20.4 Å². The minimum atomic E-state index is 0. The van der Waals surface area contributed by atoms with E-state index in [-0.39, 0.29) is 29.9 Å². The van der Waals surface area contributed by atoms with E-state index in [1.165, 1.54) is 0 Å². The number of likely N-dealkylation sites (N-methyl/N-ethyl adjacent to an activating group) is 1. The summed E-state index contributed by atoms with van der Waals surface area (Å²) >= 11 is 0. The number of piperidine rings is 1. The van der Waals surface area contributed by atoms with Gasteiger partial charge in [-0.25, -0.2) is 0 Å². The van der Waals surface area contributed by atoms with Crippen LogP contribution in [0, 0.1) is 5.92 Å². The van der Waals surface area contributed by atoms with Crippen molar-refractivity contribution >= 4 is 35.8 Å². The molecule has 6 nitrogen and oxygen atoms in total. The molecule has 0 atom stereocenters. The van der Waals surface area contributed by atoms with Crippen molar-refractivity contribution in [3.8, 4) is 0 Å². The summed E-state index contributed by atoms with van der Waals surface area (Å²) < 4.78 is 0. The number of aliphatic imine (C=N–C) groups is 1. The first-order valence-electron chi connectivity index (χ1n) is 8.53. The maximum Gasteiger partial charge on any atom is 0.220 e. The van der Waals surface area contributed by atoms with Crippen LogP contribution < -0.4 is 10.6 Å². The minimum absolute atomic E-state index is 0. The SMILES string of the molecule is CCN(CC)CCNC(=NC)N1CCC(CC(=O)NC)CC1.I. The number of likely N-dealkylation sites (tertiary alicyclic amines) is 1. The average Bonchev–Trinajstić information content (AvgIpc) is 2.56. The predicted molar refractivity (Wildman–Crippen MR) is 108 cm³/mol. The number of halogens is 1. The van der Waals surface area contributed by atoms with Gasteiger partial charge >= 0.3 is 0 Å². The summed E-state index contributed by atoms with van der Waals surface area (Å²) in [7, 11) is 3.55. The number of nitrogens with zero attached hydrogens (tertiary/aromatic N) is 3. The molecule has 0 aromatic carbocycles. The Balaban J connectivity index is 0.00000484. The number of amides is 1. The van der Waals surface area contributed by atoms with Crippen LogP contribution in [0.1, 0.15) is 33.1 Å². The highest BCUT2D eigenvalue weighted by Crippen LogP contribution is 2.20. The minimum Gasteiger partial charge on any atom is -0.359 e. The quantitative estimate of drug-likeness (QED) is 0.358. The third-order valence-electron chi connectivity index (χ3n) is 4.48. The highest BCUT2D eigenvalue weighted by atomic mass is 127. The van der Waals surface area contributed by atoms with Crippen molar-refractivity contribution in [3.05, 3.63) is 0 Å². The van der Waals surface area contributed by atoms with Gasteiger partial charge in [0.2, 0.25) is 5.91 Å². The van der Waals surface area contributed by atoms with Crippen LogP contribution in [0.15, 0.2) is 4.99 Å². The van der Waals surface area contributed by atoms with Gasteiger partial charge in [0.05, 0.1) is 0 Å². The van der Waals surface area contributed by atoms with E-state index in [0.29, 0.717) is 12.3 Å². The van der Waals surface area contributed by atoms with E-state index in [0.717, 1.165) is 58.1 Å². The van der Waals surface area contributed by atoms with Gasteiger partial charge in [-0.3, -0.25) is 9.79 Å². The molecule has 1 amide bonds. The van der Waals surface area contributed by atoms with Crippen molar-refractivity contribution in [2.45, 2.75) is 33.1 Å². The lowest BCUT2D eigenvalue weighted by Gasteiger charge is -2.34. The number of carbonyl (C=O) groups is 1. The lowest BCUT2D eigenvalue weighted by atomic mass is 9.93. The monoisotopic (exact) mass is 439 g/mol. The number of nitrogens with one attached hydrogen (secondary N) is 2. The van der Waals surface area contributed by atoms with Crippen LogP contribution in [0.4, 0.5) is 0 Å². The summed E-state index contributed by atoms with van der Waals surface area (Å²) in [6, 6.07) is 0. The van der Waals surface area contributed by atoms with Crippen LogP contribution in [0.25, 0.3) is 0 Å². The number of carbonyl (C=O) groups excluding carboxylic acids is 1. The summed E-state index contributed by atoms with van der Waals surface area (Å²) in [5.41, 5.74) is 0. The standard InChI is InChI=1S/C16H33N5O.HI/c1-5-20(6-2)12-9-19-16(18-4)21-10-7-14(8-11-21)13-15(22)17-3;/h14H,5-13H2,1-4H3,(H,17,22)(H,18,19);1H. The Hall–Kier alpha value is -0.570. The molecule has 0 saturated carbocycles. The van der Waals surface area contributed by atoms with Gasteiger partial charge in [-0.15, -0.1) is 24.0 Å². The second-order valence-corrected chi connectivity index (χ2v) is 5.81. The Morgan fingerprint density at radius 2 is 1.87 bits per heavy atom. The van der Waals surface area contributed by atoms with Gasteiger partial charge in [-0.05, 0) is 31.8 Å². The van der Waals surface area contributed by atoms with Crippen molar-refractivity contribution in [2.24, 2.45) is 10.9 Å². The lowest BCUT2D eigenvalue weighted by molar-refractivity contribution is -0.121. The maximum absolute atomic E-state index is 11.4. The average molecular weight is 439 g/mol. The number of hydrogen-bond donors (Lipinski definition) is 2. The van der Waals surface area contributed by atoms with E-state index in [1.807, 2.05) is 7.05 Å². The summed E-state index contributed by atoms with van der Waals surface area (Å²) in [5.74, 6) is 1.65. The Bertz CT molecular complexity index is 352. The first-order chi connectivity index (χ1) is 10.6. The van der Waals surface area contributed by atoms with Crippen LogP contribution in [0.2, 0.25) is 0 Å². The first-order valence-corrected chi connectivity index (χ1v) is 8.53. The van der Waals surface area contributed by atoms with Gasteiger partial charge in [0, 0.05) is 46.7 Å². The van der Waals surface area contributed by atoms with E-state index < -0.39 is 0 Å². The predicted octanol–water partition coefficient (Wildman–Crippen LogP) is 1.37. The normalized spacial score (nSPS) is 16.2. The van der Waals surface area contributed by atoms with Gasteiger partial charge in [-0.2, -0.15) is 0 Å². The molecule has 0 spiro atoms. The zero-order chi connectivity index (χ0) is 16.4. The molecule has 1 heterocycles. The third kappa shape index (κ3) is 8.19. The molecular formula is C16H34IN5O. The van der Waals surface area contributed by atoms with E-state index >= 15 is 0 Å². The second-order valence-electron chi connectivity index (χ2n) is 5.81. The Morgan fingerprint density at radius 1 is 1.26 bits per heavy atom. The summed E-state index contributed by atoms with van der Waals surface area (Å²) in [5, 5.41) is 6.17. The van der Waals surface area contributed by atoms with Crippen LogP contribution in [-0.4, -0.2) is 75.0 Å². The molecule has 7 heteroatoms. The summed E-state index contributed by atoms with van der Waals surface area (Å²) in [6.45, 7) is 10.5. The van der Waals surface area contributed by atoms with Crippen molar-refractivity contribution in [3.63, 3.8) is 0 Å². The molecule has 0 bridgehead atoms. The number of rotatable bonds is 7. The Labute approximate surface area is 158 Å². The van der Waals surface area contributed by atoms with E-state index in [9.17, 15) is 4.79 Å². The molecule has 1 fully saturated rings. The smallest absolute Gasteiger partial charge is 0.220 e. The summed E-state index contributed by atoms with van der Waals surface area (Å²) in [6.07, 6.45) is 2.77. The van der Waals surface area contributed by atoms with Crippen molar-refractivity contribution < 1.29 is 4.79 Å². The van der Waals surface area contributed by atoms with E-state index in [4.69, 9.17) is 0 Å². The maximum atomic E-state index is 11.4. The zero-order valence-electron chi connectivity index (χ0n) is 15.1. The fourth-order valence-electron chi connectivity index (χ4n) is 2.91. The molecule has 23 heavy (non-hydrogen) atoms. The van der Waals surface area contributed by atoms with Crippen molar-refractivity contribution in [1.29, 1.82) is 0 Å². The lowest BCUT2D eigenvalue weighted by Crippen LogP contribution is -2.47. The largest absolute Gasteiger partial charge is 0.359 e. The topological polar surface area (TPSA) is 60.0 Å². The highest BCUT2D eigenvalue weighted by Gasteiger charge is 2.22. The fraction of sp³-hybridized carbons (Fsp3) is 0.875. The molecule has 136 valence electrons. The first kappa shape index (κ1) is 22.4. The molecule has 2 N–H and O–H groups in total. The van der Waals surface area contributed by atoms with Crippen LogP contribution in [0.3, 0.4) is 0 Å². The Kier molecular flexibility index (Phi) is 12.5. The molecule has 0 aliphatic carbocycles. The molecule has 1 aliphatic rings.